The molecule has 0 aromatic carbocycles. The van der Waals surface area contributed by atoms with Gasteiger partial charge in [0, 0.05) is 26.2 Å². The molecule has 2 amide bonds. The molecule has 156 valence electrons. The van der Waals surface area contributed by atoms with Crippen LogP contribution in [0.2, 0.25) is 0 Å². The number of nitrogens with one attached hydrogen (secondary N) is 3. The van der Waals surface area contributed by atoms with Crippen LogP contribution in [0.1, 0.15) is 34.1 Å². The van der Waals surface area contributed by atoms with Gasteiger partial charge in [-0.3, -0.25) is 19.3 Å². The van der Waals surface area contributed by atoms with Crippen molar-refractivity contribution in [2.75, 3.05) is 32.7 Å². The predicted molar refractivity (Wildman–Crippen MR) is 103 cm³/mol. The third kappa shape index (κ3) is 7.92. The summed E-state index contributed by atoms with van der Waals surface area (Å²) < 4.78 is 0. The van der Waals surface area contributed by atoms with E-state index >= 15 is 0 Å². The highest BCUT2D eigenvalue weighted by atomic mass is 16.3. The van der Waals surface area contributed by atoms with Gasteiger partial charge in [-0.15, -0.1) is 0 Å². The van der Waals surface area contributed by atoms with Gasteiger partial charge >= 0.3 is 0 Å². The molecule has 0 bridgehead atoms. The molecule has 9 heteroatoms. The third-order valence-corrected chi connectivity index (χ3v) is 4.52. The monoisotopic (exact) mass is 385 g/mol. The molecular formula is C18H35N5O4. The summed E-state index contributed by atoms with van der Waals surface area (Å²) in [6, 6.07) is -2.33. The van der Waals surface area contributed by atoms with Gasteiger partial charge in [0.1, 0.15) is 6.04 Å². The number of aliphatic hydroxyl groups excluding tert-OH is 1. The second-order valence-electron chi connectivity index (χ2n) is 7.64. The van der Waals surface area contributed by atoms with Crippen molar-refractivity contribution in [3.63, 3.8) is 0 Å². The number of ketones is 1. The molecule has 1 aliphatic heterocycles. The quantitative estimate of drug-likeness (QED) is 0.299. The molecule has 0 radical (unpaired) electrons. The summed E-state index contributed by atoms with van der Waals surface area (Å²) in [5.74, 6) is -0.666. The number of hydrogen-bond donors (Lipinski definition) is 5. The Balaban J connectivity index is 2.70. The van der Waals surface area contributed by atoms with E-state index in [1.165, 1.54) is 13.8 Å². The van der Waals surface area contributed by atoms with Gasteiger partial charge in [0.25, 0.3) is 0 Å². The smallest absolute Gasteiger partial charge is 0.245 e. The van der Waals surface area contributed by atoms with Crippen molar-refractivity contribution in [1.82, 2.24) is 20.9 Å². The van der Waals surface area contributed by atoms with Crippen LogP contribution in [0.5, 0.6) is 0 Å². The summed E-state index contributed by atoms with van der Waals surface area (Å²) in [6.45, 7) is 10.3. The molecule has 4 atom stereocenters. The molecule has 1 heterocycles. The summed E-state index contributed by atoms with van der Waals surface area (Å²) >= 11 is 0. The number of piperazine rings is 1. The minimum absolute atomic E-state index is 0.220. The van der Waals surface area contributed by atoms with Crippen LogP contribution in [0, 0.1) is 5.92 Å². The van der Waals surface area contributed by atoms with E-state index < -0.39 is 30.1 Å². The zero-order chi connectivity index (χ0) is 20.6. The van der Waals surface area contributed by atoms with Gasteiger partial charge < -0.3 is 26.8 Å². The van der Waals surface area contributed by atoms with Gasteiger partial charge in [-0.05, 0) is 32.7 Å². The molecule has 27 heavy (non-hydrogen) atoms. The Hall–Kier alpha value is -1.55. The summed E-state index contributed by atoms with van der Waals surface area (Å²) in [5, 5.41) is 18.3. The van der Waals surface area contributed by atoms with Gasteiger partial charge in [-0.1, -0.05) is 13.8 Å². The van der Waals surface area contributed by atoms with Crippen molar-refractivity contribution < 1.29 is 19.5 Å². The molecule has 1 unspecified atom stereocenters. The lowest BCUT2D eigenvalue weighted by Gasteiger charge is -2.34. The van der Waals surface area contributed by atoms with Crippen LogP contribution in [-0.4, -0.2) is 84.6 Å². The zero-order valence-corrected chi connectivity index (χ0v) is 16.8. The van der Waals surface area contributed by atoms with Gasteiger partial charge in [0.15, 0.2) is 5.78 Å². The summed E-state index contributed by atoms with van der Waals surface area (Å²) in [4.78, 5) is 38.9. The number of rotatable bonds is 10. The van der Waals surface area contributed by atoms with E-state index in [1.54, 1.807) is 0 Å². The minimum atomic E-state index is -1.14. The highest BCUT2D eigenvalue weighted by Gasteiger charge is 2.32. The van der Waals surface area contributed by atoms with Crippen LogP contribution in [0.25, 0.3) is 0 Å². The molecule has 0 spiro atoms. The Morgan fingerprint density at radius 1 is 1.26 bits per heavy atom. The first kappa shape index (κ1) is 23.5. The second-order valence-corrected chi connectivity index (χ2v) is 7.64. The van der Waals surface area contributed by atoms with Crippen LogP contribution in [0.3, 0.4) is 0 Å². The topological polar surface area (TPSA) is 137 Å². The van der Waals surface area contributed by atoms with Crippen molar-refractivity contribution >= 4 is 17.6 Å². The van der Waals surface area contributed by atoms with Gasteiger partial charge in [-0.25, -0.2) is 0 Å². The minimum Gasteiger partial charge on any atom is -0.391 e. The largest absolute Gasteiger partial charge is 0.391 e. The number of amides is 2. The Labute approximate surface area is 161 Å². The number of nitrogens with zero attached hydrogens (tertiary/aromatic N) is 1. The number of carbonyl (C=O) groups is 3. The lowest BCUT2D eigenvalue weighted by atomic mass is 10.1. The van der Waals surface area contributed by atoms with Crippen molar-refractivity contribution in [1.29, 1.82) is 0 Å². The maximum absolute atomic E-state index is 12.6. The molecule has 1 saturated heterocycles. The number of carbonyl (C=O) groups excluding carboxylic acids is 3. The average molecular weight is 386 g/mol. The molecule has 1 rings (SSSR count). The first-order chi connectivity index (χ1) is 12.6. The molecule has 9 nitrogen and oxygen atoms in total. The predicted octanol–water partition coefficient (Wildman–Crippen LogP) is -1.80. The summed E-state index contributed by atoms with van der Waals surface area (Å²) in [7, 11) is 0. The molecule has 0 aromatic rings. The van der Waals surface area contributed by atoms with Crippen LogP contribution in [-0.2, 0) is 14.4 Å². The third-order valence-electron chi connectivity index (χ3n) is 4.52. The fourth-order valence-corrected chi connectivity index (χ4v) is 3.13. The number of aliphatic hydroxyl groups is 1. The van der Waals surface area contributed by atoms with E-state index in [4.69, 9.17) is 5.73 Å². The fraction of sp³-hybridized carbons (Fsp3) is 0.833. The van der Waals surface area contributed by atoms with E-state index in [9.17, 15) is 19.5 Å². The van der Waals surface area contributed by atoms with E-state index in [2.05, 4.69) is 34.7 Å². The number of hydrogen-bond acceptors (Lipinski definition) is 7. The van der Waals surface area contributed by atoms with Gasteiger partial charge in [0.2, 0.25) is 11.8 Å². The maximum Gasteiger partial charge on any atom is 0.245 e. The van der Waals surface area contributed by atoms with Crippen molar-refractivity contribution in [2.45, 2.75) is 58.3 Å². The van der Waals surface area contributed by atoms with E-state index in [-0.39, 0.29) is 18.2 Å². The summed E-state index contributed by atoms with van der Waals surface area (Å²) in [5.41, 5.74) is 5.47. The first-order valence-electron chi connectivity index (χ1n) is 9.60. The standard InChI is InChI=1S/C18H35N5O4/c1-11(2)9-23-8-7-20-15(10-23)17(26)22-16(13(4)25)18(27)21-14(5-6-19)12(3)24/h11,13-16,20,25H,5-10,19H2,1-4H3,(H,21,27)(H,22,26)/t13?,14-,15+,16-/m0/s1. The lowest BCUT2D eigenvalue weighted by molar-refractivity contribution is -0.134. The van der Waals surface area contributed by atoms with Crippen molar-refractivity contribution in [3.8, 4) is 0 Å². The SMILES string of the molecule is CC(=O)[C@H](CCN)NC(=O)[C@@H](NC(=O)[C@H]1CN(CC(C)C)CCN1)C(C)O. The van der Waals surface area contributed by atoms with Crippen LogP contribution in [0.15, 0.2) is 0 Å². The Morgan fingerprint density at radius 2 is 1.93 bits per heavy atom. The Kier molecular flexibility index (Phi) is 9.86. The highest BCUT2D eigenvalue weighted by Crippen LogP contribution is 2.05. The molecule has 0 aliphatic carbocycles. The van der Waals surface area contributed by atoms with Gasteiger partial charge in [0.05, 0.1) is 18.2 Å². The lowest BCUT2D eigenvalue weighted by Crippen LogP contribution is -2.62. The van der Waals surface area contributed by atoms with Gasteiger partial charge in [-0.2, -0.15) is 0 Å². The molecule has 1 fully saturated rings. The Bertz CT molecular complexity index is 512. The fourth-order valence-electron chi connectivity index (χ4n) is 3.13. The van der Waals surface area contributed by atoms with E-state index in [0.29, 0.717) is 25.4 Å². The normalized spacial score (nSPS) is 21.4. The second kappa shape index (κ2) is 11.3. The molecule has 0 aromatic heterocycles. The number of nitrogens with two attached hydrogens (primary N) is 1. The highest BCUT2D eigenvalue weighted by molar-refractivity contribution is 5.93. The molecule has 0 saturated carbocycles. The van der Waals surface area contributed by atoms with Crippen LogP contribution < -0.4 is 21.7 Å². The Morgan fingerprint density at radius 3 is 2.44 bits per heavy atom. The van der Waals surface area contributed by atoms with Crippen LogP contribution in [0.4, 0.5) is 0 Å². The molecule has 1 aliphatic rings. The average Bonchev–Trinajstić information content (AvgIpc) is 2.58. The van der Waals surface area contributed by atoms with E-state index in [1.807, 2.05) is 0 Å². The van der Waals surface area contributed by atoms with Crippen molar-refractivity contribution in [3.05, 3.63) is 0 Å². The first-order valence-corrected chi connectivity index (χ1v) is 9.60. The molecule has 6 N–H and O–H groups in total. The van der Waals surface area contributed by atoms with E-state index in [0.717, 1.165) is 13.1 Å². The zero-order valence-electron chi connectivity index (χ0n) is 16.8. The maximum atomic E-state index is 12.6. The summed E-state index contributed by atoms with van der Waals surface area (Å²) in [6.07, 6.45) is -0.801. The molecular weight excluding hydrogens is 350 g/mol. The number of Topliss-reactive ketones (excluding diaryl/α,β-unsaturated/α-hetero) is 1. The van der Waals surface area contributed by atoms with Crippen molar-refractivity contribution in [2.24, 2.45) is 11.7 Å². The van der Waals surface area contributed by atoms with Crippen LogP contribution >= 0.6 is 0 Å².